The van der Waals surface area contributed by atoms with E-state index in [9.17, 15) is 4.79 Å². The third-order valence-electron chi connectivity index (χ3n) is 2.95. The Bertz CT molecular complexity index is 673. The zero-order chi connectivity index (χ0) is 16.8. The highest BCUT2D eigenvalue weighted by atomic mass is 32.2. The molecule has 0 bridgehead atoms. The number of aromatic nitrogens is 4. The first-order chi connectivity index (χ1) is 11.0. The number of nitrogens with zero attached hydrogens (tertiary/aromatic N) is 5. The number of carbonyl (C=O) groups excluding carboxylic acids is 1. The van der Waals surface area contributed by atoms with E-state index in [1.54, 1.807) is 34.2 Å². The minimum Gasteiger partial charge on any atom is -0.352 e. The zero-order valence-corrected chi connectivity index (χ0v) is 15.3. The first kappa shape index (κ1) is 17.6. The van der Waals surface area contributed by atoms with Crippen molar-refractivity contribution in [1.82, 2.24) is 25.5 Å². The molecule has 0 aromatic carbocycles. The minimum atomic E-state index is -0.135. The largest absolute Gasteiger partial charge is 0.352 e. The molecule has 0 saturated heterocycles. The van der Waals surface area contributed by atoms with Crippen molar-refractivity contribution in [3.63, 3.8) is 0 Å². The van der Waals surface area contributed by atoms with Crippen LogP contribution in [0.2, 0.25) is 0 Å². The van der Waals surface area contributed by atoms with Gasteiger partial charge in [0.2, 0.25) is 5.95 Å². The number of thioether (sulfide) groups is 1. The van der Waals surface area contributed by atoms with Gasteiger partial charge in [0, 0.05) is 32.6 Å². The van der Waals surface area contributed by atoms with Gasteiger partial charge in [-0.15, -0.1) is 10.2 Å². The fourth-order valence-electron chi connectivity index (χ4n) is 1.76. The molecule has 0 atom stereocenters. The topological polar surface area (TPSA) is 83.9 Å². The molecule has 0 aliphatic rings. The second-order valence-electron chi connectivity index (χ2n) is 5.11. The Balaban J connectivity index is 1.76. The molecule has 1 amide bonds. The van der Waals surface area contributed by atoms with Gasteiger partial charge in [-0.25, -0.2) is 9.97 Å². The van der Waals surface area contributed by atoms with Crippen LogP contribution in [0.3, 0.4) is 0 Å². The van der Waals surface area contributed by atoms with Crippen LogP contribution in [0.4, 0.5) is 5.95 Å². The maximum atomic E-state index is 12.2. The Labute approximate surface area is 143 Å². The predicted octanol–water partition coefficient (Wildman–Crippen LogP) is 1.92. The Morgan fingerprint density at radius 2 is 2.13 bits per heavy atom. The molecule has 0 radical (unpaired) electrons. The second kappa shape index (κ2) is 8.21. The van der Waals surface area contributed by atoms with Crippen LogP contribution in [0.15, 0.2) is 10.5 Å². The number of rotatable bonds is 7. The van der Waals surface area contributed by atoms with Gasteiger partial charge in [-0.3, -0.25) is 4.79 Å². The number of carbonyl (C=O) groups is 1. The molecule has 2 heterocycles. The summed E-state index contributed by atoms with van der Waals surface area (Å²) in [5.74, 6) is 1.36. The summed E-state index contributed by atoms with van der Waals surface area (Å²) in [7, 11) is 3.73. The van der Waals surface area contributed by atoms with Crippen LogP contribution in [0.5, 0.6) is 0 Å². The van der Waals surface area contributed by atoms with Gasteiger partial charge < -0.3 is 10.2 Å². The molecule has 7 nitrogen and oxygen atoms in total. The minimum absolute atomic E-state index is 0.135. The van der Waals surface area contributed by atoms with Crippen molar-refractivity contribution in [2.24, 2.45) is 0 Å². The van der Waals surface area contributed by atoms with Gasteiger partial charge in [0.15, 0.2) is 4.34 Å². The smallest absolute Gasteiger partial charge is 0.254 e. The average molecular weight is 352 g/mol. The average Bonchev–Trinajstić information content (AvgIpc) is 2.92. The van der Waals surface area contributed by atoms with E-state index in [4.69, 9.17) is 0 Å². The number of hydrogen-bond donors (Lipinski definition) is 1. The summed E-state index contributed by atoms with van der Waals surface area (Å²) < 4.78 is 0.970. The summed E-state index contributed by atoms with van der Waals surface area (Å²) in [6, 6.07) is 0. The van der Waals surface area contributed by atoms with Crippen LogP contribution < -0.4 is 10.2 Å². The molecule has 1 N–H and O–H groups in total. The molecule has 2 aromatic rings. The first-order valence-electron chi connectivity index (χ1n) is 7.19. The van der Waals surface area contributed by atoms with E-state index >= 15 is 0 Å². The van der Waals surface area contributed by atoms with Crippen molar-refractivity contribution in [2.75, 3.05) is 31.3 Å². The summed E-state index contributed by atoms with van der Waals surface area (Å²) in [5, 5.41) is 11.9. The summed E-state index contributed by atoms with van der Waals surface area (Å²) in [6.07, 6.45) is 2.44. The maximum absolute atomic E-state index is 12.2. The van der Waals surface area contributed by atoms with Gasteiger partial charge in [0.05, 0.1) is 11.3 Å². The van der Waals surface area contributed by atoms with Crippen molar-refractivity contribution >= 4 is 35.0 Å². The number of anilines is 1. The molecule has 0 saturated carbocycles. The Kier molecular flexibility index (Phi) is 6.28. The number of amides is 1. The molecular weight excluding hydrogens is 332 g/mol. The highest BCUT2D eigenvalue weighted by Crippen LogP contribution is 2.22. The molecule has 124 valence electrons. The lowest BCUT2D eigenvalue weighted by atomic mass is 10.2. The van der Waals surface area contributed by atoms with E-state index in [-0.39, 0.29) is 5.91 Å². The van der Waals surface area contributed by atoms with Crippen LogP contribution >= 0.6 is 23.1 Å². The molecule has 2 rings (SSSR count). The van der Waals surface area contributed by atoms with Crippen molar-refractivity contribution < 1.29 is 4.79 Å². The van der Waals surface area contributed by atoms with E-state index in [1.807, 2.05) is 27.9 Å². The molecule has 0 fully saturated rings. The van der Waals surface area contributed by atoms with Crippen LogP contribution in [-0.4, -0.2) is 52.5 Å². The van der Waals surface area contributed by atoms with Gasteiger partial charge in [-0.1, -0.05) is 23.1 Å². The Hall–Kier alpha value is -1.74. The third-order valence-corrected chi connectivity index (χ3v) is 5.01. The molecule has 2 aromatic heterocycles. The van der Waals surface area contributed by atoms with E-state index in [0.717, 1.165) is 21.5 Å². The standard InChI is InChI=1S/C14H20N6OS2/c1-9-11(8-16-13(17-9)20(3)4)12(21)15-6-5-7-22-14-19-18-10(2)23-14/h8H,5-7H2,1-4H3,(H,15,21). The van der Waals surface area contributed by atoms with E-state index in [1.165, 1.54) is 0 Å². The van der Waals surface area contributed by atoms with Crippen LogP contribution in [0.25, 0.3) is 0 Å². The van der Waals surface area contributed by atoms with Crippen molar-refractivity contribution in [1.29, 1.82) is 0 Å². The van der Waals surface area contributed by atoms with Crippen LogP contribution in [0.1, 0.15) is 27.5 Å². The number of hydrogen-bond acceptors (Lipinski definition) is 8. The van der Waals surface area contributed by atoms with Gasteiger partial charge >= 0.3 is 0 Å². The summed E-state index contributed by atoms with van der Waals surface area (Å²) in [4.78, 5) is 22.5. The molecule has 0 unspecified atom stereocenters. The number of nitrogens with one attached hydrogen (secondary N) is 1. The lowest BCUT2D eigenvalue weighted by Crippen LogP contribution is -2.26. The predicted molar refractivity (Wildman–Crippen MR) is 93.4 cm³/mol. The maximum Gasteiger partial charge on any atom is 0.254 e. The van der Waals surface area contributed by atoms with Gasteiger partial charge in [0.1, 0.15) is 5.01 Å². The third kappa shape index (κ3) is 5.14. The van der Waals surface area contributed by atoms with Gasteiger partial charge in [-0.05, 0) is 20.3 Å². The lowest BCUT2D eigenvalue weighted by Gasteiger charge is -2.12. The van der Waals surface area contributed by atoms with E-state index < -0.39 is 0 Å². The van der Waals surface area contributed by atoms with Crippen molar-refractivity contribution in [3.05, 3.63) is 22.5 Å². The highest BCUT2D eigenvalue weighted by Gasteiger charge is 2.12. The fraction of sp³-hybridized carbons (Fsp3) is 0.500. The SMILES string of the molecule is Cc1nnc(SCCCNC(=O)c2cnc(N(C)C)nc2C)s1. The van der Waals surface area contributed by atoms with E-state index in [2.05, 4.69) is 25.5 Å². The molecule has 23 heavy (non-hydrogen) atoms. The van der Waals surface area contributed by atoms with E-state index in [0.29, 0.717) is 23.8 Å². The first-order valence-corrected chi connectivity index (χ1v) is 8.99. The fourth-order valence-corrected chi connectivity index (χ4v) is 3.58. The molecule has 9 heteroatoms. The van der Waals surface area contributed by atoms with Crippen LogP contribution in [-0.2, 0) is 0 Å². The van der Waals surface area contributed by atoms with Gasteiger partial charge in [-0.2, -0.15) is 0 Å². The highest BCUT2D eigenvalue weighted by molar-refractivity contribution is 8.01. The van der Waals surface area contributed by atoms with Crippen molar-refractivity contribution in [2.45, 2.75) is 24.6 Å². The normalized spacial score (nSPS) is 10.6. The summed E-state index contributed by atoms with van der Waals surface area (Å²) in [5.41, 5.74) is 1.20. The lowest BCUT2D eigenvalue weighted by molar-refractivity contribution is 0.0952. The molecule has 0 aliphatic carbocycles. The van der Waals surface area contributed by atoms with Gasteiger partial charge in [0.25, 0.3) is 5.91 Å². The Morgan fingerprint density at radius 1 is 1.35 bits per heavy atom. The van der Waals surface area contributed by atoms with Crippen LogP contribution in [0, 0.1) is 13.8 Å². The number of aryl methyl sites for hydroxylation is 2. The zero-order valence-electron chi connectivity index (χ0n) is 13.7. The molecule has 0 spiro atoms. The van der Waals surface area contributed by atoms with Crippen molar-refractivity contribution in [3.8, 4) is 0 Å². The molecule has 0 aliphatic heterocycles. The molecular formula is C14H20N6OS2. The quantitative estimate of drug-likeness (QED) is 0.602. The summed E-state index contributed by atoms with van der Waals surface area (Å²) in [6.45, 7) is 4.36. The Morgan fingerprint density at radius 3 is 2.74 bits per heavy atom. The second-order valence-corrected chi connectivity index (χ2v) is 7.63. The summed E-state index contributed by atoms with van der Waals surface area (Å²) >= 11 is 3.25. The monoisotopic (exact) mass is 352 g/mol.